The minimum atomic E-state index is -1.74. The summed E-state index contributed by atoms with van der Waals surface area (Å²) < 4.78 is 19.4. The standard InChI is InChI=1S/C27H24ClN3O6/c1-16(35-24(32)17-9-5-3-6-10-17)20-21(37-25(33)18-11-7-4-8-12-18)27(2,34)26(36-20)31-14-13-19-22(28)29-15-30-23(19)31/h3-16,20-21,26,34H,1-2H3. The molecule has 5 rings (SSSR count). The average Bonchev–Trinajstić information content (AvgIpc) is 3.44. The number of halogens is 1. The number of esters is 2. The van der Waals surface area contributed by atoms with Crippen molar-refractivity contribution in [3.63, 3.8) is 0 Å². The maximum Gasteiger partial charge on any atom is 0.338 e. The van der Waals surface area contributed by atoms with Gasteiger partial charge < -0.3 is 23.9 Å². The summed E-state index contributed by atoms with van der Waals surface area (Å²) in [6.07, 6.45) is -1.18. The highest BCUT2D eigenvalue weighted by Crippen LogP contribution is 2.43. The maximum absolute atomic E-state index is 13.0. The molecule has 0 amide bonds. The Bertz CT molecular complexity index is 1430. The van der Waals surface area contributed by atoms with Crippen LogP contribution in [0.3, 0.4) is 0 Å². The molecule has 0 spiro atoms. The molecule has 0 aliphatic carbocycles. The highest BCUT2D eigenvalue weighted by molar-refractivity contribution is 6.33. The van der Waals surface area contributed by atoms with E-state index in [0.717, 1.165) is 0 Å². The van der Waals surface area contributed by atoms with E-state index in [1.165, 1.54) is 13.3 Å². The Hall–Kier alpha value is -3.79. The Balaban J connectivity index is 1.49. The summed E-state index contributed by atoms with van der Waals surface area (Å²) in [5, 5.41) is 12.5. The summed E-state index contributed by atoms with van der Waals surface area (Å²) in [4.78, 5) is 34.0. The molecule has 5 unspecified atom stereocenters. The molecular weight excluding hydrogens is 498 g/mol. The Morgan fingerprint density at radius 2 is 1.65 bits per heavy atom. The molecule has 1 N–H and O–H groups in total. The lowest BCUT2D eigenvalue weighted by Crippen LogP contribution is -2.49. The fourth-order valence-electron chi connectivity index (χ4n) is 4.49. The number of aromatic nitrogens is 3. The fourth-order valence-corrected chi connectivity index (χ4v) is 4.68. The lowest BCUT2D eigenvalue weighted by molar-refractivity contribution is -0.101. The lowest BCUT2D eigenvalue weighted by atomic mass is 9.93. The van der Waals surface area contributed by atoms with Crippen LogP contribution in [0.5, 0.6) is 0 Å². The van der Waals surface area contributed by atoms with Gasteiger partial charge in [-0.05, 0) is 44.2 Å². The van der Waals surface area contributed by atoms with E-state index in [9.17, 15) is 14.7 Å². The third-order valence-corrected chi connectivity index (χ3v) is 6.68. The summed E-state index contributed by atoms with van der Waals surface area (Å²) in [6.45, 7) is 3.13. The van der Waals surface area contributed by atoms with Gasteiger partial charge in [0, 0.05) is 6.20 Å². The predicted octanol–water partition coefficient (Wildman–Crippen LogP) is 4.20. The lowest BCUT2D eigenvalue weighted by Gasteiger charge is -2.31. The number of hydrogen-bond donors (Lipinski definition) is 1. The molecule has 9 nitrogen and oxygen atoms in total. The van der Waals surface area contributed by atoms with Crippen LogP contribution in [0.15, 0.2) is 79.3 Å². The topological polar surface area (TPSA) is 113 Å². The van der Waals surface area contributed by atoms with Crippen molar-refractivity contribution in [2.45, 2.75) is 44.0 Å². The van der Waals surface area contributed by atoms with Crippen LogP contribution in [0, 0.1) is 0 Å². The first-order valence-corrected chi connectivity index (χ1v) is 12.0. The molecule has 1 fully saturated rings. The molecule has 4 aromatic rings. The first-order valence-electron chi connectivity index (χ1n) is 11.6. The van der Waals surface area contributed by atoms with Gasteiger partial charge in [-0.3, -0.25) is 0 Å². The molecule has 10 heteroatoms. The zero-order valence-corrected chi connectivity index (χ0v) is 20.8. The van der Waals surface area contributed by atoms with Crippen LogP contribution in [0.4, 0.5) is 0 Å². The monoisotopic (exact) mass is 521 g/mol. The SMILES string of the molecule is CC(OC(=O)c1ccccc1)C1OC(n2ccc3c(Cl)ncnc32)C(C)(O)C1OC(=O)c1ccccc1. The van der Waals surface area contributed by atoms with Crippen molar-refractivity contribution in [1.82, 2.24) is 14.5 Å². The van der Waals surface area contributed by atoms with Crippen LogP contribution in [0.2, 0.25) is 5.15 Å². The largest absolute Gasteiger partial charge is 0.456 e. The van der Waals surface area contributed by atoms with Crippen LogP contribution in [0.25, 0.3) is 11.0 Å². The van der Waals surface area contributed by atoms with Crippen LogP contribution in [0.1, 0.15) is 40.8 Å². The molecule has 1 aliphatic heterocycles. The second-order valence-electron chi connectivity index (χ2n) is 8.97. The number of ether oxygens (including phenoxy) is 3. The van der Waals surface area contributed by atoms with Gasteiger partial charge >= 0.3 is 11.9 Å². The van der Waals surface area contributed by atoms with Gasteiger partial charge in [-0.1, -0.05) is 48.0 Å². The van der Waals surface area contributed by atoms with Gasteiger partial charge in [0.15, 0.2) is 12.3 Å². The van der Waals surface area contributed by atoms with Gasteiger partial charge in [0.25, 0.3) is 0 Å². The van der Waals surface area contributed by atoms with Gasteiger partial charge in [-0.25, -0.2) is 19.6 Å². The van der Waals surface area contributed by atoms with Gasteiger partial charge in [0.1, 0.15) is 34.9 Å². The van der Waals surface area contributed by atoms with E-state index >= 15 is 0 Å². The summed E-state index contributed by atoms with van der Waals surface area (Å²) in [7, 11) is 0. The van der Waals surface area contributed by atoms with Gasteiger partial charge in [0.2, 0.25) is 0 Å². The minimum Gasteiger partial charge on any atom is -0.456 e. The van der Waals surface area contributed by atoms with Crippen LogP contribution in [-0.4, -0.2) is 55.5 Å². The van der Waals surface area contributed by atoms with Gasteiger partial charge in [-0.15, -0.1) is 0 Å². The Morgan fingerprint density at radius 3 is 2.30 bits per heavy atom. The number of carbonyl (C=O) groups excluding carboxylic acids is 2. The zero-order chi connectivity index (χ0) is 26.2. The van der Waals surface area contributed by atoms with Gasteiger partial charge in [0.05, 0.1) is 16.5 Å². The van der Waals surface area contributed by atoms with Crippen molar-refractivity contribution >= 4 is 34.6 Å². The van der Waals surface area contributed by atoms with Gasteiger partial charge in [-0.2, -0.15) is 0 Å². The van der Waals surface area contributed by atoms with Crippen molar-refractivity contribution in [3.8, 4) is 0 Å². The summed E-state index contributed by atoms with van der Waals surface area (Å²) in [6, 6.07) is 18.6. The molecule has 0 radical (unpaired) electrons. The number of hydrogen-bond acceptors (Lipinski definition) is 8. The molecule has 1 aliphatic rings. The van der Waals surface area contributed by atoms with E-state index in [0.29, 0.717) is 22.2 Å². The van der Waals surface area contributed by atoms with E-state index in [2.05, 4.69) is 9.97 Å². The third kappa shape index (κ3) is 4.69. The molecule has 3 heterocycles. The van der Waals surface area contributed by atoms with E-state index in [1.54, 1.807) is 84.4 Å². The molecule has 2 aromatic carbocycles. The normalized spacial score (nSPS) is 24.1. The Kier molecular flexibility index (Phi) is 6.68. The molecule has 5 atom stereocenters. The summed E-state index contributed by atoms with van der Waals surface area (Å²) >= 11 is 6.21. The van der Waals surface area contributed by atoms with E-state index < -0.39 is 42.1 Å². The smallest absolute Gasteiger partial charge is 0.338 e. The number of nitrogens with zero attached hydrogens (tertiary/aromatic N) is 3. The van der Waals surface area contributed by atoms with E-state index in [1.807, 2.05) is 0 Å². The molecular formula is C27H24ClN3O6. The molecule has 0 bridgehead atoms. The number of rotatable bonds is 6. The number of carbonyl (C=O) groups is 2. The van der Waals surface area contributed by atoms with Crippen molar-refractivity contribution in [2.24, 2.45) is 0 Å². The predicted molar refractivity (Wildman–Crippen MR) is 134 cm³/mol. The summed E-state index contributed by atoms with van der Waals surface area (Å²) in [5.41, 5.74) is -0.657. The van der Waals surface area contributed by atoms with Crippen LogP contribution in [-0.2, 0) is 14.2 Å². The molecule has 1 saturated heterocycles. The van der Waals surface area contributed by atoms with E-state index in [4.69, 9.17) is 25.8 Å². The molecule has 2 aromatic heterocycles. The van der Waals surface area contributed by atoms with Crippen molar-refractivity contribution < 1.29 is 28.9 Å². The number of fused-ring (bicyclic) bond motifs is 1. The molecule has 190 valence electrons. The van der Waals surface area contributed by atoms with Crippen LogP contribution >= 0.6 is 11.6 Å². The van der Waals surface area contributed by atoms with E-state index in [-0.39, 0.29) is 5.15 Å². The quantitative estimate of drug-likeness (QED) is 0.297. The minimum absolute atomic E-state index is 0.246. The molecule has 0 saturated carbocycles. The first kappa shape index (κ1) is 24.9. The maximum atomic E-state index is 13.0. The highest BCUT2D eigenvalue weighted by atomic mass is 35.5. The average molecular weight is 522 g/mol. The Labute approximate surface area is 217 Å². The van der Waals surface area contributed by atoms with Crippen molar-refractivity contribution in [3.05, 3.63) is 95.5 Å². The van der Waals surface area contributed by atoms with Crippen molar-refractivity contribution in [1.29, 1.82) is 0 Å². The Morgan fingerprint density at radius 1 is 1.03 bits per heavy atom. The molecule has 37 heavy (non-hydrogen) atoms. The summed E-state index contributed by atoms with van der Waals surface area (Å²) in [5.74, 6) is -1.22. The second-order valence-corrected chi connectivity index (χ2v) is 9.33. The van der Waals surface area contributed by atoms with Crippen molar-refractivity contribution in [2.75, 3.05) is 0 Å². The fraction of sp³-hybridized carbons (Fsp3) is 0.259. The number of aliphatic hydroxyl groups is 1. The second kappa shape index (κ2) is 9.93. The third-order valence-electron chi connectivity index (χ3n) is 6.38. The number of benzene rings is 2. The zero-order valence-electron chi connectivity index (χ0n) is 20.0. The van der Waals surface area contributed by atoms with Crippen LogP contribution < -0.4 is 0 Å². The first-order chi connectivity index (χ1) is 17.8. The highest BCUT2D eigenvalue weighted by Gasteiger charge is 2.58.